The molecule has 0 spiro atoms. The van der Waals surface area contributed by atoms with Crippen molar-refractivity contribution in [3.8, 4) is 0 Å². The number of fused-ring (bicyclic) bond motifs is 2. The van der Waals surface area contributed by atoms with Crippen molar-refractivity contribution in [2.45, 2.75) is 20.3 Å². The fourth-order valence-electron chi connectivity index (χ4n) is 4.62. The number of anilines is 1. The molecule has 5 rings (SSSR count). The molecule has 0 radical (unpaired) electrons. The summed E-state index contributed by atoms with van der Waals surface area (Å²) in [4.78, 5) is 30.4. The molecule has 0 aromatic carbocycles. The molecule has 25 heavy (non-hydrogen) atoms. The van der Waals surface area contributed by atoms with Gasteiger partial charge in [-0.05, 0) is 11.8 Å². The van der Waals surface area contributed by atoms with Crippen molar-refractivity contribution < 1.29 is 4.79 Å². The van der Waals surface area contributed by atoms with Crippen LogP contribution in [0.25, 0.3) is 11.2 Å². The van der Waals surface area contributed by atoms with Gasteiger partial charge in [0.1, 0.15) is 6.33 Å². The Balaban J connectivity index is 1.32. The Bertz CT molecular complexity index is 844. The normalized spacial score (nSPS) is 30.1. The van der Waals surface area contributed by atoms with Crippen LogP contribution in [-0.4, -0.2) is 56.5 Å². The molecule has 3 atom stereocenters. The Hall–Kier alpha value is -2.18. The van der Waals surface area contributed by atoms with E-state index in [1.807, 2.05) is 11.6 Å². The Morgan fingerprint density at radius 3 is 2.44 bits per heavy atom. The molecule has 3 unspecified atom stereocenters. The first-order valence-corrected chi connectivity index (χ1v) is 9.10. The van der Waals surface area contributed by atoms with Crippen LogP contribution in [-0.2, 0) is 11.8 Å². The zero-order valence-corrected chi connectivity index (χ0v) is 15.0. The number of aromatic nitrogens is 4. The number of imidazole rings is 1. The van der Waals surface area contributed by atoms with Crippen molar-refractivity contribution in [3.05, 3.63) is 12.7 Å². The summed E-state index contributed by atoms with van der Waals surface area (Å²) in [5.74, 6) is 2.64. The van der Waals surface area contributed by atoms with E-state index < -0.39 is 0 Å². The zero-order valence-electron chi connectivity index (χ0n) is 15.0. The SMILES string of the molecule is Cn1cnc2c(N3CC4CN(C(=O)C5CC5(C)C)CC4C3)ncnc21. The zero-order chi connectivity index (χ0) is 17.3. The number of carbonyl (C=O) groups excluding carboxylic acids is 1. The fourth-order valence-corrected chi connectivity index (χ4v) is 4.62. The van der Waals surface area contributed by atoms with E-state index in [0.717, 1.165) is 49.6 Å². The summed E-state index contributed by atoms with van der Waals surface area (Å²) in [6, 6.07) is 0. The largest absolute Gasteiger partial charge is 0.354 e. The summed E-state index contributed by atoms with van der Waals surface area (Å²) in [5.41, 5.74) is 1.96. The van der Waals surface area contributed by atoms with Gasteiger partial charge in [-0.25, -0.2) is 15.0 Å². The first kappa shape index (κ1) is 15.1. The number of amides is 1. The summed E-state index contributed by atoms with van der Waals surface area (Å²) in [6.45, 7) is 8.07. The van der Waals surface area contributed by atoms with Crippen LogP contribution in [0, 0.1) is 23.2 Å². The standard InChI is InChI=1S/C18H24N6O/c1-18(2)4-13(18)17(25)24-7-11-5-23(6-12(11)8-24)16-14-15(19-9-20-16)22(3)10-21-14/h9-13H,4-8H2,1-3H3. The number of carbonyl (C=O) groups is 1. The highest BCUT2D eigenvalue weighted by atomic mass is 16.2. The highest BCUT2D eigenvalue weighted by Gasteiger charge is 2.54. The van der Waals surface area contributed by atoms with Crippen molar-refractivity contribution in [3.63, 3.8) is 0 Å². The minimum atomic E-state index is 0.215. The number of likely N-dealkylation sites (tertiary alicyclic amines) is 1. The van der Waals surface area contributed by atoms with Gasteiger partial charge in [0.25, 0.3) is 0 Å². The van der Waals surface area contributed by atoms with Gasteiger partial charge in [-0.1, -0.05) is 13.8 Å². The second-order valence-electron chi connectivity index (χ2n) is 8.64. The first-order valence-electron chi connectivity index (χ1n) is 9.10. The van der Waals surface area contributed by atoms with Crippen LogP contribution < -0.4 is 4.90 Å². The van der Waals surface area contributed by atoms with Crippen LogP contribution in [0.5, 0.6) is 0 Å². The molecule has 7 nitrogen and oxygen atoms in total. The predicted molar refractivity (Wildman–Crippen MR) is 94.0 cm³/mol. The Labute approximate surface area is 147 Å². The minimum Gasteiger partial charge on any atom is -0.354 e. The molecule has 4 heterocycles. The molecular formula is C18H24N6O. The van der Waals surface area contributed by atoms with Gasteiger partial charge in [-0.2, -0.15) is 0 Å². The van der Waals surface area contributed by atoms with Crippen LogP contribution in [0.3, 0.4) is 0 Å². The van der Waals surface area contributed by atoms with Crippen LogP contribution in [0.1, 0.15) is 20.3 Å². The average Bonchev–Trinajstić information content (AvgIpc) is 2.94. The summed E-state index contributed by atoms with van der Waals surface area (Å²) >= 11 is 0. The van der Waals surface area contributed by atoms with Crippen molar-refractivity contribution in [1.29, 1.82) is 0 Å². The Kier molecular flexibility index (Phi) is 2.98. The third-order valence-corrected chi connectivity index (χ3v) is 6.39. The number of nitrogens with zero attached hydrogens (tertiary/aromatic N) is 6. The van der Waals surface area contributed by atoms with Gasteiger partial charge in [0.15, 0.2) is 17.0 Å². The molecule has 2 aromatic heterocycles. The van der Waals surface area contributed by atoms with Gasteiger partial charge < -0.3 is 14.4 Å². The molecule has 1 saturated carbocycles. The van der Waals surface area contributed by atoms with E-state index >= 15 is 0 Å². The van der Waals surface area contributed by atoms with E-state index in [4.69, 9.17) is 0 Å². The summed E-state index contributed by atoms with van der Waals surface area (Å²) in [7, 11) is 1.95. The Morgan fingerprint density at radius 1 is 1.12 bits per heavy atom. The fraction of sp³-hybridized carbons (Fsp3) is 0.667. The van der Waals surface area contributed by atoms with Crippen LogP contribution in [0.2, 0.25) is 0 Å². The number of rotatable bonds is 2. The lowest BCUT2D eigenvalue weighted by molar-refractivity contribution is -0.132. The number of aryl methyl sites for hydroxylation is 1. The molecule has 132 valence electrons. The van der Waals surface area contributed by atoms with E-state index in [9.17, 15) is 4.79 Å². The van der Waals surface area contributed by atoms with Crippen molar-refractivity contribution in [1.82, 2.24) is 24.4 Å². The van der Waals surface area contributed by atoms with E-state index in [1.165, 1.54) is 0 Å². The third kappa shape index (κ3) is 2.24. The van der Waals surface area contributed by atoms with Gasteiger partial charge in [-0.15, -0.1) is 0 Å². The van der Waals surface area contributed by atoms with Gasteiger partial charge >= 0.3 is 0 Å². The minimum absolute atomic E-state index is 0.215. The summed E-state index contributed by atoms with van der Waals surface area (Å²) in [5, 5.41) is 0. The monoisotopic (exact) mass is 340 g/mol. The summed E-state index contributed by atoms with van der Waals surface area (Å²) < 4.78 is 1.93. The molecule has 3 aliphatic rings. The highest BCUT2D eigenvalue weighted by Crippen LogP contribution is 2.53. The molecule has 0 bridgehead atoms. The van der Waals surface area contributed by atoms with Gasteiger partial charge in [-0.3, -0.25) is 4.79 Å². The van der Waals surface area contributed by atoms with E-state index in [-0.39, 0.29) is 11.3 Å². The van der Waals surface area contributed by atoms with Crippen molar-refractivity contribution in [2.75, 3.05) is 31.1 Å². The molecule has 2 saturated heterocycles. The van der Waals surface area contributed by atoms with Crippen LogP contribution in [0.15, 0.2) is 12.7 Å². The van der Waals surface area contributed by atoms with E-state index in [2.05, 4.69) is 38.6 Å². The lowest BCUT2D eigenvalue weighted by atomic mass is 10.0. The van der Waals surface area contributed by atoms with Gasteiger partial charge in [0.2, 0.25) is 5.91 Å². The van der Waals surface area contributed by atoms with Gasteiger partial charge in [0.05, 0.1) is 6.33 Å². The van der Waals surface area contributed by atoms with Crippen molar-refractivity contribution in [2.24, 2.45) is 30.2 Å². The molecule has 2 aliphatic heterocycles. The summed E-state index contributed by atoms with van der Waals surface area (Å²) in [6.07, 6.45) is 4.46. The number of hydrogen-bond acceptors (Lipinski definition) is 5. The molecule has 0 N–H and O–H groups in total. The lowest BCUT2D eigenvalue weighted by Crippen LogP contribution is -2.35. The molecular weight excluding hydrogens is 316 g/mol. The third-order valence-electron chi connectivity index (χ3n) is 6.39. The molecule has 2 aromatic rings. The lowest BCUT2D eigenvalue weighted by Gasteiger charge is -2.23. The Morgan fingerprint density at radius 2 is 1.80 bits per heavy atom. The molecule has 1 aliphatic carbocycles. The maximum absolute atomic E-state index is 12.7. The molecule has 3 fully saturated rings. The highest BCUT2D eigenvalue weighted by molar-refractivity contribution is 5.84. The smallest absolute Gasteiger partial charge is 0.226 e. The second-order valence-corrected chi connectivity index (χ2v) is 8.64. The van der Waals surface area contributed by atoms with Crippen LogP contribution >= 0.6 is 0 Å². The van der Waals surface area contributed by atoms with Crippen molar-refractivity contribution >= 4 is 22.9 Å². The van der Waals surface area contributed by atoms with E-state index in [1.54, 1.807) is 12.7 Å². The molecule has 1 amide bonds. The topological polar surface area (TPSA) is 67.2 Å². The average molecular weight is 340 g/mol. The second kappa shape index (κ2) is 4.93. The maximum atomic E-state index is 12.7. The van der Waals surface area contributed by atoms with Gasteiger partial charge in [0, 0.05) is 51.0 Å². The first-order chi connectivity index (χ1) is 11.9. The van der Waals surface area contributed by atoms with Crippen LogP contribution in [0.4, 0.5) is 5.82 Å². The number of hydrogen-bond donors (Lipinski definition) is 0. The van der Waals surface area contributed by atoms with E-state index in [0.29, 0.717) is 17.7 Å². The maximum Gasteiger partial charge on any atom is 0.226 e. The predicted octanol–water partition coefficient (Wildman–Crippen LogP) is 1.30. The quantitative estimate of drug-likeness (QED) is 0.824. The molecule has 7 heteroatoms.